The topological polar surface area (TPSA) is 77.9 Å². The first-order valence-corrected chi connectivity index (χ1v) is 13.5. The van der Waals surface area contributed by atoms with E-state index in [4.69, 9.17) is 11.6 Å². The van der Waals surface area contributed by atoms with E-state index in [0.29, 0.717) is 46.9 Å². The molecule has 1 saturated carbocycles. The van der Waals surface area contributed by atoms with Crippen LogP contribution in [0.3, 0.4) is 0 Å². The van der Waals surface area contributed by atoms with E-state index in [2.05, 4.69) is 32.0 Å². The van der Waals surface area contributed by atoms with Gasteiger partial charge in [-0.3, -0.25) is 5.10 Å². The van der Waals surface area contributed by atoms with Gasteiger partial charge in [0.25, 0.3) is 0 Å². The second-order valence-electron chi connectivity index (χ2n) is 10.5. The summed E-state index contributed by atoms with van der Waals surface area (Å²) in [5.74, 6) is 0.746. The summed E-state index contributed by atoms with van der Waals surface area (Å²) in [6, 6.07) is 6.26. The molecule has 0 unspecified atom stereocenters. The number of piperidine rings is 1. The zero-order chi connectivity index (χ0) is 25.2. The lowest BCUT2D eigenvalue weighted by Gasteiger charge is -2.40. The molecule has 36 heavy (non-hydrogen) atoms. The summed E-state index contributed by atoms with van der Waals surface area (Å²) in [6.45, 7) is 6.13. The Bertz CT molecular complexity index is 1200. The van der Waals surface area contributed by atoms with Gasteiger partial charge in [0.2, 0.25) is 0 Å². The molecule has 0 radical (unpaired) electrons. The van der Waals surface area contributed by atoms with Crippen molar-refractivity contribution < 1.29 is 9.50 Å². The lowest BCUT2D eigenvalue weighted by Crippen LogP contribution is -2.43. The van der Waals surface area contributed by atoms with Gasteiger partial charge >= 0.3 is 0 Å². The zero-order valence-corrected chi connectivity index (χ0v) is 21.9. The van der Waals surface area contributed by atoms with Crippen molar-refractivity contribution in [3.05, 3.63) is 74.8 Å². The molecule has 2 fully saturated rings. The van der Waals surface area contributed by atoms with E-state index in [1.165, 1.54) is 0 Å². The second kappa shape index (κ2) is 11.0. The minimum absolute atomic E-state index is 0.117. The maximum Gasteiger partial charge on any atom is 0.133 e. The number of aryl methyl sites for hydroxylation is 2. The number of hydrogen-bond acceptors (Lipinski definition) is 5. The van der Waals surface area contributed by atoms with E-state index in [9.17, 15) is 5.11 Å². The molecule has 0 amide bonds. The Morgan fingerprint density at radius 3 is 2.50 bits per heavy atom. The summed E-state index contributed by atoms with van der Waals surface area (Å²) in [5, 5.41) is 17.5. The molecule has 0 atom stereocenters. The lowest BCUT2D eigenvalue weighted by atomic mass is 9.84. The van der Waals surface area contributed by atoms with Gasteiger partial charge in [0.15, 0.2) is 0 Å². The average molecular weight is 512 g/mol. The molecule has 1 aliphatic heterocycles. The van der Waals surface area contributed by atoms with Crippen LogP contribution < -0.4 is 0 Å². The first kappa shape index (κ1) is 25.3. The van der Waals surface area contributed by atoms with Crippen LogP contribution in [0.4, 0.5) is 4.39 Å². The molecule has 3 aromatic rings. The Balaban J connectivity index is 1.25. The predicted octanol–water partition coefficient (Wildman–Crippen LogP) is 5.27. The molecule has 1 aliphatic carbocycles. The van der Waals surface area contributed by atoms with E-state index in [0.717, 1.165) is 74.1 Å². The minimum Gasteiger partial charge on any atom is -0.393 e. The molecular formula is C28H35ClFN5O. The summed E-state index contributed by atoms with van der Waals surface area (Å²) in [7, 11) is 0. The highest BCUT2D eigenvalue weighted by Gasteiger charge is 2.29. The highest BCUT2D eigenvalue weighted by atomic mass is 35.5. The Kier molecular flexibility index (Phi) is 7.70. The lowest BCUT2D eigenvalue weighted by molar-refractivity contribution is 0.0618. The first-order chi connectivity index (χ1) is 17.4. The average Bonchev–Trinajstić information content (AvgIpc) is 3.28. The Morgan fingerprint density at radius 2 is 1.81 bits per heavy atom. The number of aromatic nitrogens is 4. The summed E-state index contributed by atoms with van der Waals surface area (Å²) in [4.78, 5) is 11.6. The predicted molar refractivity (Wildman–Crippen MR) is 139 cm³/mol. The van der Waals surface area contributed by atoms with Gasteiger partial charge in [-0.15, -0.1) is 0 Å². The van der Waals surface area contributed by atoms with Crippen molar-refractivity contribution in [1.82, 2.24) is 25.1 Å². The third-order valence-corrected chi connectivity index (χ3v) is 8.23. The SMILES string of the molecule is Cc1cc(Cc2nc(Cc3cc(C)c(C4CCN(C5CCC(O)CC5)CC4)cc3F)ncc2Cl)n[nH]1. The molecule has 192 valence electrons. The molecule has 8 heteroatoms. The molecule has 0 bridgehead atoms. The van der Waals surface area contributed by atoms with Gasteiger partial charge in [-0.25, -0.2) is 14.4 Å². The van der Waals surface area contributed by atoms with Crippen molar-refractivity contribution in [3.63, 3.8) is 0 Å². The van der Waals surface area contributed by atoms with Gasteiger partial charge in [0.05, 0.1) is 22.5 Å². The normalized spacial score (nSPS) is 21.7. The van der Waals surface area contributed by atoms with E-state index in [1.54, 1.807) is 12.3 Å². The van der Waals surface area contributed by atoms with Gasteiger partial charge in [-0.05, 0) is 100 Å². The number of likely N-dealkylation sites (tertiary alicyclic amines) is 1. The zero-order valence-electron chi connectivity index (χ0n) is 21.1. The standard InChI is InChI=1S/C28H35ClFN5O/c1-17-11-20(13-28-31-16-25(29)27(32-28)14-21-12-18(2)33-34-21)26(30)15-24(17)19-7-9-35(10-8-19)22-3-5-23(36)6-4-22/h11-12,15-16,19,22-23,36H,3-10,13-14H2,1-2H3,(H,33,34). The molecule has 0 spiro atoms. The third kappa shape index (κ3) is 5.79. The van der Waals surface area contributed by atoms with Crippen LogP contribution in [0.2, 0.25) is 5.02 Å². The Morgan fingerprint density at radius 1 is 1.06 bits per heavy atom. The number of benzene rings is 1. The molecule has 2 N–H and O–H groups in total. The van der Waals surface area contributed by atoms with Gasteiger partial charge < -0.3 is 10.0 Å². The largest absolute Gasteiger partial charge is 0.393 e. The van der Waals surface area contributed by atoms with Crippen LogP contribution in [0.15, 0.2) is 24.4 Å². The number of aromatic amines is 1. The van der Waals surface area contributed by atoms with Crippen LogP contribution in [0.25, 0.3) is 0 Å². The van der Waals surface area contributed by atoms with E-state index in [-0.39, 0.29) is 11.9 Å². The number of nitrogens with zero attached hydrogens (tertiary/aromatic N) is 4. The van der Waals surface area contributed by atoms with Gasteiger partial charge in [-0.1, -0.05) is 17.7 Å². The first-order valence-electron chi connectivity index (χ1n) is 13.1. The number of nitrogens with one attached hydrogen (secondary N) is 1. The smallest absolute Gasteiger partial charge is 0.133 e. The molecule has 2 aromatic heterocycles. The van der Waals surface area contributed by atoms with Crippen molar-refractivity contribution in [2.45, 2.75) is 83.3 Å². The van der Waals surface area contributed by atoms with Crippen LogP contribution in [0.5, 0.6) is 0 Å². The molecule has 5 rings (SSSR count). The maximum atomic E-state index is 15.3. The van der Waals surface area contributed by atoms with E-state index in [1.807, 2.05) is 19.1 Å². The van der Waals surface area contributed by atoms with Crippen LogP contribution in [0.1, 0.15) is 84.0 Å². The molecule has 1 aromatic carbocycles. The van der Waals surface area contributed by atoms with E-state index >= 15 is 4.39 Å². The maximum absolute atomic E-state index is 15.3. The molecular weight excluding hydrogens is 477 g/mol. The van der Waals surface area contributed by atoms with Crippen molar-refractivity contribution in [2.75, 3.05) is 13.1 Å². The number of aliphatic hydroxyl groups excluding tert-OH is 1. The highest BCUT2D eigenvalue weighted by Crippen LogP contribution is 2.34. The summed E-state index contributed by atoms with van der Waals surface area (Å²) < 4.78 is 15.3. The number of halogens is 2. The third-order valence-electron chi connectivity index (χ3n) is 7.91. The number of H-pyrrole nitrogens is 1. The molecule has 2 aliphatic rings. The van der Waals surface area contributed by atoms with Crippen LogP contribution in [0, 0.1) is 19.7 Å². The fraction of sp³-hybridized carbons (Fsp3) is 0.536. The molecule has 6 nitrogen and oxygen atoms in total. The molecule has 1 saturated heterocycles. The van der Waals surface area contributed by atoms with Crippen molar-refractivity contribution in [1.29, 1.82) is 0 Å². The summed E-state index contributed by atoms with van der Waals surface area (Å²) >= 11 is 6.33. The van der Waals surface area contributed by atoms with Crippen molar-refractivity contribution in [2.24, 2.45) is 0 Å². The monoisotopic (exact) mass is 511 g/mol. The van der Waals surface area contributed by atoms with Gasteiger partial charge in [0.1, 0.15) is 11.6 Å². The minimum atomic E-state index is -0.192. The van der Waals surface area contributed by atoms with E-state index < -0.39 is 0 Å². The highest BCUT2D eigenvalue weighted by molar-refractivity contribution is 6.31. The number of aliphatic hydroxyl groups is 1. The van der Waals surface area contributed by atoms with Crippen LogP contribution in [-0.4, -0.2) is 55.4 Å². The van der Waals surface area contributed by atoms with Crippen molar-refractivity contribution in [3.8, 4) is 0 Å². The van der Waals surface area contributed by atoms with Gasteiger partial charge in [0, 0.05) is 30.8 Å². The van der Waals surface area contributed by atoms with Crippen LogP contribution >= 0.6 is 11.6 Å². The summed E-state index contributed by atoms with van der Waals surface area (Å²) in [5.41, 5.74) is 5.40. The van der Waals surface area contributed by atoms with Gasteiger partial charge in [-0.2, -0.15) is 5.10 Å². The Labute approximate surface area is 217 Å². The van der Waals surface area contributed by atoms with Crippen molar-refractivity contribution >= 4 is 11.6 Å². The van der Waals surface area contributed by atoms with Crippen LogP contribution in [-0.2, 0) is 12.8 Å². The fourth-order valence-electron chi connectivity index (χ4n) is 5.89. The second-order valence-corrected chi connectivity index (χ2v) is 11.0. The number of rotatable bonds is 6. The number of hydrogen-bond donors (Lipinski definition) is 2. The summed E-state index contributed by atoms with van der Waals surface area (Å²) in [6.07, 6.45) is 8.40. The molecule has 3 heterocycles. The Hall–Kier alpha value is -2.35. The fourth-order valence-corrected chi connectivity index (χ4v) is 6.05. The quantitative estimate of drug-likeness (QED) is 0.471.